The van der Waals surface area contributed by atoms with Crippen LogP contribution in [0.3, 0.4) is 0 Å². The van der Waals surface area contributed by atoms with Gasteiger partial charge in [-0.2, -0.15) is 0 Å². The van der Waals surface area contributed by atoms with E-state index in [1.165, 1.54) is 19.3 Å². The molecule has 1 saturated carbocycles. The topological polar surface area (TPSA) is 17.1 Å². The van der Waals surface area contributed by atoms with E-state index in [1.807, 2.05) is 0 Å². The third-order valence-corrected chi connectivity index (χ3v) is 2.19. The molecule has 0 unspecified atom stereocenters. The van der Waals surface area contributed by atoms with Crippen molar-refractivity contribution >= 4 is 17.7 Å². The average molecular weight is 143 g/mol. The van der Waals surface area contributed by atoms with Gasteiger partial charge in [0, 0.05) is 6.42 Å². The van der Waals surface area contributed by atoms with Crippen LogP contribution in [0.4, 0.5) is 0 Å². The van der Waals surface area contributed by atoms with Gasteiger partial charge in [-0.15, -0.1) is 0 Å². The van der Waals surface area contributed by atoms with Gasteiger partial charge in [-0.05, 0) is 25.0 Å². The molecule has 1 nitrogen and oxygen atoms in total. The van der Waals surface area contributed by atoms with Gasteiger partial charge in [0.15, 0.2) is 0 Å². The van der Waals surface area contributed by atoms with Crippen LogP contribution in [0.25, 0.3) is 0 Å². The van der Waals surface area contributed by atoms with Crippen molar-refractivity contribution in [1.82, 2.24) is 0 Å². The van der Waals surface area contributed by atoms with E-state index in [1.54, 1.807) is 0 Å². The van der Waals surface area contributed by atoms with Gasteiger partial charge >= 0.3 is 0 Å². The second kappa shape index (κ2) is 3.16. The summed E-state index contributed by atoms with van der Waals surface area (Å²) in [7, 11) is 0. The molecule has 1 aliphatic carbocycles. The summed E-state index contributed by atoms with van der Waals surface area (Å²) in [6.45, 7) is 0. The van der Waals surface area contributed by atoms with E-state index < -0.39 is 0 Å². The maximum absolute atomic E-state index is 10.3. The van der Waals surface area contributed by atoms with Crippen molar-refractivity contribution in [3.63, 3.8) is 0 Å². The molecule has 51 valence electrons. The van der Waals surface area contributed by atoms with Gasteiger partial charge in [0.2, 0.25) is 5.12 Å². The fourth-order valence-corrected chi connectivity index (χ4v) is 1.22. The van der Waals surface area contributed by atoms with Gasteiger partial charge in [-0.3, -0.25) is 4.79 Å². The first-order chi connectivity index (χ1) is 4.29. The molecule has 0 amide bonds. The second-order valence-electron chi connectivity index (χ2n) is 2.71. The lowest BCUT2D eigenvalue weighted by Crippen LogP contribution is -2.11. The third-order valence-electron chi connectivity index (χ3n) is 1.98. The lowest BCUT2D eigenvalue weighted by atomic mass is 9.82. The maximum atomic E-state index is 10.3. The van der Waals surface area contributed by atoms with Crippen LogP contribution >= 0.6 is 12.6 Å². The molecule has 0 atom stereocenters. The fourth-order valence-electron chi connectivity index (χ4n) is 1.10. The highest BCUT2D eigenvalue weighted by atomic mass is 32.1. The van der Waals surface area contributed by atoms with Gasteiger partial charge in [0.05, 0.1) is 0 Å². The Kier molecular flexibility index (Phi) is 2.46. The zero-order valence-electron chi connectivity index (χ0n) is 5.43. The molecular formula is C7H11OS. The van der Waals surface area contributed by atoms with Gasteiger partial charge in [0.1, 0.15) is 0 Å². The molecule has 0 spiro atoms. The monoisotopic (exact) mass is 143 g/mol. The highest BCUT2D eigenvalue weighted by Gasteiger charge is 2.17. The zero-order valence-corrected chi connectivity index (χ0v) is 6.25. The van der Waals surface area contributed by atoms with Crippen molar-refractivity contribution in [1.29, 1.82) is 0 Å². The van der Waals surface area contributed by atoms with Crippen molar-refractivity contribution in [2.75, 3.05) is 0 Å². The van der Waals surface area contributed by atoms with E-state index in [0.29, 0.717) is 6.42 Å². The normalized spacial score (nSPS) is 19.1. The molecule has 2 heteroatoms. The Hall–Kier alpha value is -0.110. The van der Waals surface area contributed by atoms with E-state index in [4.69, 9.17) is 0 Å². The van der Waals surface area contributed by atoms with Crippen LogP contribution < -0.4 is 0 Å². The number of rotatable bonds is 3. The fraction of sp³-hybridized carbons (Fsp3) is 0.857. The highest BCUT2D eigenvalue weighted by Crippen LogP contribution is 2.30. The van der Waals surface area contributed by atoms with Crippen LogP contribution in [0.2, 0.25) is 0 Å². The molecule has 1 fully saturated rings. The quantitative estimate of drug-likeness (QED) is 0.592. The molecule has 1 radical (unpaired) electrons. The standard InChI is InChI=1S/C7H11OS/c8-7(9)5-4-6-2-1-3-6/h6H,1-5H2. The molecule has 0 aromatic heterocycles. The first kappa shape index (κ1) is 7.00. The summed E-state index contributed by atoms with van der Waals surface area (Å²) in [6, 6.07) is 0. The second-order valence-corrected chi connectivity index (χ2v) is 3.16. The lowest BCUT2D eigenvalue weighted by molar-refractivity contribution is -0.111. The minimum Gasteiger partial charge on any atom is -0.282 e. The molecule has 1 rings (SSSR count). The predicted octanol–water partition coefficient (Wildman–Crippen LogP) is 2.29. The highest BCUT2D eigenvalue weighted by molar-refractivity contribution is 7.96. The van der Waals surface area contributed by atoms with E-state index in [9.17, 15) is 4.79 Å². The van der Waals surface area contributed by atoms with Crippen molar-refractivity contribution in [2.24, 2.45) is 5.92 Å². The summed E-state index contributed by atoms with van der Waals surface area (Å²) >= 11 is 4.43. The number of carbonyl (C=O) groups is 1. The van der Waals surface area contributed by atoms with Crippen LogP contribution in [0, 0.1) is 5.92 Å². The third kappa shape index (κ3) is 2.31. The minimum atomic E-state index is -0.0677. The summed E-state index contributed by atoms with van der Waals surface area (Å²) < 4.78 is 0. The number of carbonyl (C=O) groups excluding carboxylic acids is 1. The Morgan fingerprint density at radius 1 is 1.56 bits per heavy atom. The summed E-state index contributed by atoms with van der Waals surface area (Å²) in [5, 5.41) is -0.0677. The Balaban J connectivity index is 1.97. The Labute approximate surface area is 61.2 Å². The van der Waals surface area contributed by atoms with E-state index in [0.717, 1.165) is 12.3 Å². The predicted molar refractivity (Wildman–Crippen MR) is 39.2 cm³/mol. The van der Waals surface area contributed by atoms with Crippen LogP contribution in [0.5, 0.6) is 0 Å². The Bertz CT molecular complexity index is 107. The molecule has 0 saturated heterocycles. The van der Waals surface area contributed by atoms with Crippen molar-refractivity contribution in [3.8, 4) is 0 Å². The van der Waals surface area contributed by atoms with Crippen LogP contribution in [0.1, 0.15) is 32.1 Å². The molecule has 9 heavy (non-hydrogen) atoms. The number of hydrogen-bond donors (Lipinski definition) is 0. The summed E-state index contributed by atoms with van der Waals surface area (Å²) in [5.74, 6) is 0.830. The molecule has 0 aliphatic heterocycles. The Morgan fingerprint density at radius 2 is 2.22 bits per heavy atom. The molecule has 1 aliphatic rings. The van der Waals surface area contributed by atoms with Gasteiger partial charge in [-0.25, -0.2) is 0 Å². The van der Waals surface area contributed by atoms with Crippen LogP contribution in [-0.2, 0) is 4.79 Å². The summed E-state index contributed by atoms with van der Waals surface area (Å²) in [6.07, 6.45) is 5.67. The molecule has 0 heterocycles. The maximum Gasteiger partial charge on any atom is 0.218 e. The van der Waals surface area contributed by atoms with Crippen molar-refractivity contribution in [2.45, 2.75) is 32.1 Å². The largest absolute Gasteiger partial charge is 0.282 e. The molecule has 0 N–H and O–H groups in total. The first-order valence-corrected chi connectivity index (χ1v) is 3.89. The molecule has 0 aromatic carbocycles. The summed E-state index contributed by atoms with van der Waals surface area (Å²) in [4.78, 5) is 10.3. The zero-order chi connectivity index (χ0) is 6.69. The first-order valence-electron chi connectivity index (χ1n) is 3.49. The van der Waals surface area contributed by atoms with E-state index >= 15 is 0 Å². The SMILES string of the molecule is O=C([S])CCC1CCC1. The van der Waals surface area contributed by atoms with Gasteiger partial charge in [-0.1, -0.05) is 19.3 Å². The van der Waals surface area contributed by atoms with Crippen molar-refractivity contribution in [3.05, 3.63) is 0 Å². The van der Waals surface area contributed by atoms with Crippen LogP contribution in [-0.4, -0.2) is 5.12 Å². The van der Waals surface area contributed by atoms with E-state index in [-0.39, 0.29) is 5.12 Å². The molecule has 0 bridgehead atoms. The average Bonchev–Trinajstić information content (AvgIpc) is 1.60. The van der Waals surface area contributed by atoms with Crippen LogP contribution in [0.15, 0.2) is 0 Å². The summed E-state index contributed by atoms with van der Waals surface area (Å²) in [5.41, 5.74) is 0. The lowest BCUT2D eigenvalue weighted by Gasteiger charge is -2.24. The smallest absolute Gasteiger partial charge is 0.218 e. The van der Waals surface area contributed by atoms with Gasteiger partial charge < -0.3 is 0 Å². The molecular weight excluding hydrogens is 132 g/mol. The van der Waals surface area contributed by atoms with E-state index in [2.05, 4.69) is 12.6 Å². The minimum absolute atomic E-state index is 0.0677. The molecule has 0 aromatic rings. The Morgan fingerprint density at radius 3 is 2.56 bits per heavy atom. The van der Waals surface area contributed by atoms with Crippen molar-refractivity contribution < 1.29 is 4.79 Å². The van der Waals surface area contributed by atoms with Gasteiger partial charge in [0.25, 0.3) is 0 Å². The number of hydrogen-bond acceptors (Lipinski definition) is 1.